The summed E-state index contributed by atoms with van der Waals surface area (Å²) in [6.07, 6.45) is 7.09. The van der Waals surface area contributed by atoms with Crippen molar-refractivity contribution in [2.75, 3.05) is 13.2 Å². The minimum Gasteiger partial charge on any atom is -0.396 e. The van der Waals surface area contributed by atoms with Crippen molar-refractivity contribution in [2.24, 2.45) is 5.92 Å². The van der Waals surface area contributed by atoms with Crippen molar-refractivity contribution in [1.82, 2.24) is 5.32 Å². The predicted octanol–water partition coefficient (Wildman–Crippen LogP) is 2.95. The second kappa shape index (κ2) is 10.4. The first kappa shape index (κ1) is 14.9. The van der Waals surface area contributed by atoms with Gasteiger partial charge in [-0.2, -0.15) is 0 Å². The molecule has 0 aromatic heterocycles. The predicted molar refractivity (Wildman–Crippen MR) is 67.1 cm³/mol. The Labute approximate surface area is 95.5 Å². The lowest BCUT2D eigenvalue weighted by atomic mass is 9.98. The highest BCUT2D eigenvalue weighted by molar-refractivity contribution is 4.67. The zero-order valence-electron chi connectivity index (χ0n) is 10.8. The minimum absolute atomic E-state index is 0.337. The van der Waals surface area contributed by atoms with Crippen LogP contribution in [-0.2, 0) is 0 Å². The van der Waals surface area contributed by atoms with E-state index in [1.807, 2.05) is 0 Å². The highest BCUT2D eigenvalue weighted by Crippen LogP contribution is 2.11. The number of rotatable bonds is 10. The molecule has 0 fully saturated rings. The molecule has 0 aliphatic heterocycles. The number of nitrogens with one attached hydrogen (secondary N) is 1. The van der Waals surface area contributed by atoms with Crippen LogP contribution in [0, 0.1) is 5.92 Å². The van der Waals surface area contributed by atoms with Gasteiger partial charge in [-0.25, -0.2) is 0 Å². The van der Waals surface area contributed by atoms with Crippen LogP contribution in [0.4, 0.5) is 0 Å². The van der Waals surface area contributed by atoms with E-state index >= 15 is 0 Å². The molecule has 0 rings (SSSR count). The molecule has 2 nitrogen and oxygen atoms in total. The average molecular weight is 215 g/mol. The van der Waals surface area contributed by atoms with Gasteiger partial charge in [0.2, 0.25) is 0 Å². The molecule has 0 aliphatic rings. The molecule has 0 aromatic rings. The Bertz CT molecular complexity index is 128. The maximum Gasteiger partial charge on any atom is 0.0431 e. The molecule has 0 aliphatic carbocycles. The van der Waals surface area contributed by atoms with E-state index in [0.29, 0.717) is 12.6 Å². The van der Waals surface area contributed by atoms with Crippen molar-refractivity contribution >= 4 is 0 Å². The molecule has 0 bridgehead atoms. The van der Waals surface area contributed by atoms with Crippen LogP contribution in [0.3, 0.4) is 0 Å². The van der Waals surface area contributed by atoms with Crippen LogP contribution in [0.1, 0.15) is 59.3 Å². The molecular formula is C13H29NO. The van der Waals surface area contributed by atoms with Gasteiger partial charge in [-0.05, 0) is 44.6 Å². The third kappa shape index (κ3) is 8.88. The van der Waals surface area contributed by atoms with Gasteiger partial charge in [-0.3, -0.25) is 0 Å². The van der Waals surface area contributed by atoms with Crippen LogP contribution in [-0.4, -0.2) is 24.3 Å². The Morgan fingerprint density at radius 2 is 1.80 bits per heavy atom. The summed E-state index contributed by atoms with van der Waals surface area (Å²) >= 11 is 0. The second-order valence-electron chi connectivity index (χ2n) is 4.59. The first-order chi connectivity index (χ1) is 7.24. The van der Waals surface area contributed by atoms with Gasteiger partial charge in [-0.1, -0.05) is 27.2 Å². The normalized spacial score (nSPS) is 15.2. The van der Waals surface area contributed by atoms with Crippen molar-refractivity contribution in [1.29, 1.82) is 0 Å². The smallest absolute Gasteiger partial charge is 0.0431 e. The highest BCUT2D eigenvalue weighted by Gasteiger charge is 2.08. The first-order valence-corrected chi connectivity index (χ1v) is 6.58. The van der Waals surface area contributed by atoms with Crippen LogP contribution in [0.5, 0.6) is 0 Å². The third-order valence-corrected chi connectivity index (χ3v) is 3.14. The zero-order chi connectivity index (χ0) is 11.5. The third-order valence-electron chi connectivity index (χ3n) is 3.14. The number of unbranched alkanes of at least 4 members (excludes halogenated alkanes) is 2. The van der Waals surface area contributed by atoms with Gasteiger partial charge in [0, 0.05) is 12.6 Å². The summed E-state index contributed by atoms with van der Waals surface area (Å²) < 4.78 is 0. The maximum absolute atomic E-state index is 8.65. The Hall–Kier alpha value is -0.0800. The number of aliphatic hydroxyl groups is 1. The molecule has 0 aromatic carbocycles. The van der Waals surface area contributed by atoms with Crippen LogP contribution in [0.25, 0.3) is 0 Å². The Morgan fingerprint density at radius 3 is 2.33 bits per heavy atom. The molecule has 2 unspecified atom stereocenters. The number of aliphatic hydroxyl groups excluding tert-OH is 1. The van der Waals surface area contributed by atoms with Crippen LogP contribution < -0.4 is 5.32 Å². The van der Waals surface area contributed by atoms with E-state index in [2.05, 4.69) is 26.1 Å². The Morgan fingerprint density at radius 1 is 1.07 bits per heavy atom. The van der Waals surface area contributed by atoms with Gasteiger partial charge < -0.3 is 10.4 Å². The fourth-order valence-electron chi connectivity index (χ4n) is 1.77. The lowest BCUT2D eigenvalue weighted by molar-refractivity contribution is 0.281. The van der Waals surface area contributed by atoms with E-state index in [0.717, 1.165) is 25.3 Å². The quantitative estimate of drug-likeness (QED) is 0.549. The van der Waals surface area contributed by atoms with E-state index in [1.165, 1.54) is 25.7 Å². The first-order valence-electron chi connectivity index (χ1n) is 6.58. The van der Waals surface area contributed by atoms with E-state index < -0.39 is 0 Å². The monoisotopic (exact) mass is 215 g/mol. The SMILES string of the molecule is CCC(C)CC(CC)NCCCCCO. The van der Waals surface area contributed by atoms with E-state index in [-0.39, 0.29) is 0 Å². The van der Waals surface area contributed by atoms with Gasteiger partial charge in [0.25, 0.3) is 0 Å². The molecule has 0 saturated carbocycles. The van der Waals surface area contributed by atoms with Gasteiger partial charge in [-0.15, -0.1) is 0 Å². The molecular weight excluding hydrogens is 186 g/mol. The number of hydrogen-bond donors (Lipinski definition) is 2. The Kier molecular flexibility index (Phi) is 10.4. The molecule has 0 spiro atoms. The fourth-order valence-corrected chi connectivity index (χ4v) is 1.77. The molecule has 2 heteroatoms. The summed E-state index contributed by atoms with van der Waals surface area (Å²) in [6.45, 7) is 8.29. The average Bonchev–Trinajstić information content (AvgIpc) is 2.26. The van der Waals surface area contributed by atoms with Crippen molar-refractivity contribution in [2.45, 2.75) is 65.3 Å². The molecule has 92 valence electrons. The molecule has 0 heterocycles. The second-order valence-corrected chi connectivity index (χ2v) is 4.59. The maximum atomic E-state index is 8.65. The van der Waals surface area contributed by atoms with Gasteiger partial charge in [0.1, 0.15) is 0 Å². The summed E-state index contributed by atoms with van der Waals surface area (Å²) in [7, 11) is 0. The summed E-state index contributed by atoms with van der Waals surface area (Å²) in [6, 6.07) is 0.689. The van der Waals surface area contributed by atoms with Crippen molar-refractivity contribution < 1.29 is 5.11 Å². The number of hydrogen-bond acceptors (Lipinski definition) is 2. The van der Waals surface area contributed by atoms with E-state index in [1.54, 1.807) is 0 Å². The molecule has 2 atom stereocenters. The highest BCUT2D eigenvalue weighted by atomic mass is 16.2. The molecule has 0 amide bonds. The van der Waals surface area contributed by atoms with Gasteiger partial charge in [0.05, 0.1) is 0 Å². The largest absolute Gasteiger partial charge is 0.396 e. The molecule has 2 N–H and O–H groups in total. The van der Waals surface area contributed by atoms with Crippen molar-refractivity contribution in [3.05, 3.63) is 0 Å². The van der Waals surface area contributed by atoms with E-state index in [4.69, 9.17) is 5.11 Å². The lowest BCUT2D eigenvalue weighted by Gasteiger charge is -2.20. The van der Waals surface area contributed by atoms with Crippen molar-refractivity contribution in [3.8, 4) is 0 Å². The standard InChI is InChI=1S/C13H29NO/c1-4-12(3)11-13(5-2)14-9-7-6-8-10-15/h12-15H,4-11H2,1-3H3. The van der Waals surface area contributed by atoms with E-state index in [9.17, 15) is 0 Å². The topological polar surface area (TPSA) is 32.3 Å². The van der Waals surface area contributed by atoms with Crippen LogP contribution >= 0.6 is 0 Å². The van der Waals surface area contributed by atoms with Crippen LogP contribution in [0.2, 0.25) is 0 Å². The summed E-state index contributed by atoms with van der Waals surface area (Å²) in [5, 5.41) is 12.3. The molecule has 15 heavy (non-hydrogen) atoms. The molecule has 0 saturated heterocycles. The molecule has 0 radical (unpaired) electrons. The van der Waals surface area contributed by atoms with Gasteiger partial charge in [0.15, 0.2) is 0 Å². The van der Waals surface area contributed by atoms with Crippen molar-refractivity contribution in [3.63, 3.8) is 0 Å². The van der Waals surface area contributed by atoms with Gasteiger partial charge >= 0.3 is 0 Å². The summed E-state index contributed by atoms with van der Waals surface area (Å²) in [5.41, 5.74) is 0. The summed E-state index contributed by atoms with van der Waals surface area (Å²) in [4.78, 5) is 0. The zero-order valence-corrected chi connectivity index (χ0v) is 10.8. The lowest BCUT2D eigenvalue weighted by Crippen LogP contribution is -2.30. The Balaban J connectivity index is 3.44. The summed E-state index contributed by atoms with van der Waals surface area (Å²) in [5.74, 6) is 0.833. The fraction of sp³-hybridized carbons (Fsp3) is 1.00. The van der Waals surface area contributed by atoms with Crippen LogP contribution in [0.15, 0.2) is 0 Å². The minimum atomic E-state index is 0.337.